The molecule has 2 aromatic rings. The first-order valence-corrected chi connectivity index (χ1v) is 5.78. The van der Waals surface area contributed by atoms with Crippen LogP contribution < -0.4 is 4.90 Å². The van der Waals surface area contributed by atoms with E-state index in [0.29, 0.717) is 0 Å². The van der Waals surface area contributed by atoms with Gasteiger partial charge in [-0.05, 0) is 25.5 Å². The van der Waals surface area contributed by atoms with E-state index in [4.69, 9.17) is 4.74 Å². The number of anilines is 1. The fourth-order valence-corrected chi connectivity index (χ4v) is 2.06. The Balaban J connectivity index is 2.07. The second kappa shape index (κ2) is 3.96. The topological polar surface area (TPSA) is 55.5 Å². The molecule has 0 unspecified atom stereocenters. The van der Waals surface area contributed by atoms with Gasteiger partial charge in [0.2, 0.25) is 0 Å². The number of aryl methyl sites for hydroxylation is 2. The van der Waals surface area contributed by atoms with Gasteiger partial charge in [0, 0.05) is 13.1 Å². The Hall–Kier alpha value is -1.69. The van der Waals surface area contributed by atoms with Crippen LogP contribution in [0.25, 0.3) is 5.65 Å². The van der Waals surface area contributed by atoms with Crippen LogP contribution in [0, 0.1) is 13.8 Å². The van der Waals surface area contributed by atoms with Crippen LogP contribution in [0.1, 0.15) is 11.4 Å². The van der Waals surface area contributed by atoms with E-state index in [0.717, 1.165) is 49.2 Å². The average Bonchev–Trinajstić information content (AvgIpc) is 2.73. The van der Waals surface area contributed by atoms with Crippen LogP contribution in [0.4, 0.5) is 5.82 Å². The summed E-state index contributed by atoms with van der Waals surface area (Å²) in [5, 5.41) is 12.7. The fourth-order valence-electron chi connectivity index (χ4n) is 2.06. The Morgan fingerprint density at radius 2 is 1.94 bits per heavy atom. The van der Waals surface area contributed by atoms with Crippen LogP contribution in [0.5, 0.6) is 0 Å². The van der Waals surface area contributed by atoms with E-state index in [2.05, 4.69) is 26.3 Å². The molecule has 0 aromatic carbocycles. The number of hydrogen-bond donors (Lipinski definition) is 0. The molecule has 0 amide bonds. The third-order valence-corrected chi connectivity index (χ3v) is 3.03. The summed E-state index contributed by atoms with van der Waals surface area (Å²) in [6.45, 7) is 7.25. The summed E-state index contributed by atoms with van der Waals surface area (Å²) < 4.78 is 7.15. The van der Waals surface area contributed by atoms with Crippen LogP contribution in [-0.4, -0.2) is 46.1 Å². The predicted molar refractivity (Wildman–Crippen MR) is 63.3 cm³/mol. The van der Waals surface area contributed by atoms with Crippen molar-refractivity contribution in [1.82, 2.24) is 19.8 Å². The van der Waals surface area contributed by atoms with Crippen molar-refractivity contribution in [3.8, 4) is 0 Å². The molecule has 0 bridgehead atoms. The molecule has 0 aliphatic carbocycles. The number of nitrogens with zero attached hydrogens (tertiary/aromatic N) is 5. The van der Waals surface area contributed by atoms with Gasteiger partial charge in [0.25, 0.3) is 0 Å². The molecule has 3 heterocycles. The Morgan fingerprint density at radius 1 is 1.18 bits per heavy atom. The molecule has 0 atom stereocenters. The van der Waals surface area contributed by atoms with Crippen molar-refractivity contribution in [1.29, 1.82) is 0 Å². The normalized spacial score (nSPS) is 16.7. The van der Waals surface area contributed by atoms with Crippen LogP contribution in [0.3, 0.4) is 0 Å². The monoisotopic (exact) mass is 233 g/mol. The number of morpholine rings is 1. The maximum Gasteiger partial charge on any atom is 0.180 e. The lowest BCUT2D eigenvalue weighted by molar-refractivity contribution is 0.122. The van der Waals surface area contributed by atoms with E-state index in [1.165, 1.54) is 0 Å². The molecule has 0 radical (unpaired) electrons. The highest BCUT2D eigenvalue weighted by Gasteiger charge is 2.15. The summed E-state index contributed by atoms with van der Waals surface area (Å²) in [5.41, 5.74) is 1.93. The smallest absolute Gasteiger partial charge is 0.180 e. The largest absolute Gasteiger partial charge is 0.378 e. The van der Waals surface area contributed by atoms with Gasteiger partial charge in [-0.2, -0.15) is 4.52 Å². The summed E-state index contributed by atoms with van der Waals surface area (Å²) in [6, 6.07) is 2.06. The molecule has 3 rings (SSSR count). The van der Waals surface area contributed by atoms with Crippen LogP contribution in [0.15, 0.2) is 6.07 Å². The van der Waals surface area contributed by atoms with Crippen molar-refractivity contribution in [2.75, 3.05) is 31.2 Å². The standard InChI is InChI=1S/C11H15N5O/c1-8-7-10(15-3-5-17-6-4-15)14-16-9(2)12-13-11(8)16/h7H,3-6H2,1-2H3. The minimum Gasteiger partial charge on any atom is -0.378 e. The maximum absolute atomic E-state index is 5.35. The second-order valence-electron chi connectivity index (χ2n) is 4.27. The molecule has 6 nitrogen and oxygen atoms in total. The van der Waals surface area contributed by atoms with E-state index in [1.807, 2.05) is 13.8 Å². The average molecular weight is 233 g/mol. The summed E-state index contributed by atoms with van der Waals surface area (Å²) in [4.78, 5) is 2.23. The van der Waals surface area contributed by atoms with Gasteiger partial charge in [0.1, 0.15) is 5.82 Å². The molecule has 0 N–H and O–H groups in total. The molecular weight excluding hydrogens is 218 g/mol. The molecule has 1 fully saturated rings. The molecule has 0 saturated carbocycles. The highest BCUT2D eigenvalue weighted by Crippen LogP contribution is 2.17. The van der Waals surface area contributed by atoms with Gasteiger partial charge in [-0.1, -0.05) is 0 Å². The van der Waals surface area contributed by atoms with E-state index in [-0.39, 0.29) is 0 Å². The van der Waals surface area contributed by atoms with Gasteiger partial charge in [0.15, 0.2) is 11.5 Å². The van der Waals surface area contributed by atoms with Crippen molar-refractivity contribution in [3.05, 3.63) is 17.5 Å². The third kappa shape index (κ3) is 1.74. The van der Waals surface area contributed by atoms with Crippen molar-refractivity contribution >= 4 is 11.5 Å². The molecule has 1 aliphatic heterocycles. The first kappa shape index (κ1) is 10.5. The lowest BCUT2D eigenvalue weighted by atomic mass is 10.3. The SMILES string of the molecule is Cc1cc(N2CCOCC2)nn2c(C)nnc12. The second-order valence-corrected chi connectivity index (χ2v) is 4.27. The van der Waals surface area contributed by atoms with Gasteiger partial charge in [-0.25, -0.2) is 0 Å². The zero-order chi connectivity index (χ0) is 11.8. The molecule has 17 heavy (non-hydrogen) atoms. The van der Waals surface area contributed by atoms with Crippen LogP contribution >= 0.6 is 0 Å². The molecule has 1 aliphatic rings. The molecular formula is C11H15N5O. The summed E-state index contributed by atoms with van der Waals surface area (Å²) in [6.07, 6.45) is 0. The summed E-state index contributed by atoms with van der Waals surface area (Å²) in [7, 11) is 0. The van der Waals surface area contributed by atoms with Crippen molar-refractivity contribution in [2.45, 2.75) is 13.8 Å². The zero-order valence-corrected chi connectivity index (χ0v) is 10.1. The van der Waals surface area contributed by atoms with Gasteiger partial charge in [0.05, 0.1) is 13.2 Å². The molecule has 2 aromatic heterocycles. The van der Waals surface area contributed by atoms with Gasteiger partial charge >= 0.3 is 0 Å². The summed E-state index contributed by atoms with van der Waals surface area (Å²) >= 11 is 0. The minimum absolute atomic E-state index is 0.764. The van der Waals surface area contributed by atoms with Crippen molar-refractivity contribution < 1.29 is 4.74 Å². The Kier molecular flexibility index (Phi) is 2.44. The minimum atomic E-state index is 0.764. The highest BCUT2D eigenvalue weighted by atomic mass is 16.5. The number of hydrogen-bond acceptors (Lipinski definition) is 5. The first-order chi connectivity index (χ1) is 8.25. The van der Waals surface area contributed by atoms with E-state index in [1.54, 1.807) is 4.52 Å². The van der Waals surface area contributed by atoms with Crippen molar-refractivity contribution in [3.63, 3.8) is 0 Å². The number of rotatable bonds is 1. The molecule has 0 spiro atoms. The van der Waals surface area contributed by atoms with Crippen LogP contribution in [0.2, 0.25) is 0 Å². The number of aromatic nitrogens is 4. The number of fused-ring (bicyclic) bond motifs is 1. The predicted octanol–water partition coefficient (Wildman–Crippen LogP) is 0.578. The Morgan fingerprint density at radius 3 is 2.71 bits per heavy atom. The van der Waals surface area contributed by atoms with E-state index >= 15 is 0 Å². The number of ether oxygens (including phenoxy) is 1. The van der Waals surface area contributed by atoms with Gasteiger partial charge in [-0.3, -0.25) is 0 Å². The summed E-state index contributed by atoms with van der Waals surface area (Å²) in [5.74, 6) is 1.79. The van der Waals surface area contributed by atoms with E-state index < -0.39 is 0 Å². The maximum atomic E-state index is 5.35. The van der Waals surface area contributed by atoms with Gasteiger partial charge in [-0.15, -0.1) is 15.3 Å². The van der Waals surface area contributed by atoms with Gasteiger partial charge < -0.3 is 9.64 Å². The molecule has 6 heteroatoms. The van der Waals surface area contributed by atoms with Crippen LogP contribution in [-0.2, 0) is 4.74 Å². The fraction of sp³-hybridized carbons (Fsp3) is 0.545. The van der Waals surface area contributed by atoms with Crippen molar-refractivity contribution in [2.24, 2.45) is 0 Å². The highest BCUT2D eigenvalue weighted by molar-refractivity contribution is 5.52. The Bertz CT molecular complexity index is 544. The molecule has 90 valence electrons. The first-order valence-electron chi connectivity index (χ1n) is 5.78. The quantitative estimate of drug-likeness (QED) is 0.721. The lowest BCUT2D eigenvalue weighted by Crippen LogP contribution is -2.37. The molecule has 1 saturated heterocycles. The lowest BCUT2D eigenvalue weighted by Gasteiger charge is -2.27. The van der Waals surface area contributed by atoms with E-state index in [9.17, 15) is 0 Å². The Labute approximate surface area is 99.2 Å². The zero-order valence-electron chi connectivity index (χ0n) is 10.1. The third-order valence-electron chi connectivity index (χ3n) is 3.03.